The van der Waals surface area contributed by atoms with Gasteiger partial charge in [-0.2, -0.15) is 0 Å². The number of anilines is 3. The lowest BCUT2D eigenvalue weighted by atomic mass is 9.95. The summed E-state index contributed by atoms with van der Waals surface area (Å²) in [6, 6.07) is 12.4. The first-order valence-electron chi connectivity index (χ1n) is 13.1. The minimum atomic E-state index is 0.112. The van der Waals surface area contributed by atoms with E-state index in [1.807, 2.05) is 12.1 Å². The van der Waals surface area contributed by atoms with Gasteiger partial charge in [-0.15, -0.1) is 10.2 Å². The van der Waals surface area contributed by atoms with Gasteiger partial charge in [0, 0.05) is 64.0 Å². The first kappa shape index (κ1) is 23.7. The van der Waals surface area contributed by atoms with Crippen LogP contribution in [0.1, 0.15) is 32.6 Å². The fraction of sp³-hybridized carbons (Fsp3) is 0.593. The van der Waals surface area contributed by atoms with E-state index >= 15 is 0 Å². The first-order chi connectivity index (χ1) is 17.1. The van der Waals surface area contributed by atoms with E-state index in [1.165, 1.54) is 18.5 Å². The smallest absolute Gasteiger partial charge is 0.225 e. The number of piperidine rings is 2. The molecule has 4 heterocycles. The lowest BCUT2D eigenvalue weighted by Gasteiger charge is -2.39. The molecular weight excluding hydrogens is 440 g/mol. The number of benzene rings is 1. The van der Waals surface area contributed by atoms with Crippen LogP contribution in [0, 0.1) is 11.8 Å². The number of hydrogen-bond donors (Lipinski definition) is 0. The zero-order chi connectivity index (χ0) is 24.2. The third-order valence-corrected chi connectivity index (χ3v) is 7.94. The monoisotopic (exact) mass is 478 g/mol. The largest absolute Gasteiger partial charge is 0.497 e. The molecule has 3 saturated heterocycles. The van der Waals surface area contributed by atoms with Crippen LogP contribution >= 0.6 is 0 Å². The van der Waals surface area contributed by atoms with E-state index < -0.39 is 0 Å². The fourth-order valence-corrected chi connectivity index (χ4v) is 5.49. The normalized spacial score (nSPS) is 20.3. The number of piperazine rings is 1. The Morgan fingerprint density at radius 2 is 1.29 bits per heavy atom. The molecule has 8 nitrogen and oxygen atoms in total. The van der Waals surface area contributed by atoms with Crippen LogP contribution in [0.2, 0.25) is 0 Å². The van der Waals surface area contributed by atoms with Crippen LogP contribution in [0.5, 0.6) is 5.75 Å². The molecule has 3 aliphatic rings. The van der Waals surface area contributed by atoms with E-state index in [0.717, 1.165) is 88.5 Å². The number of carbonyl (C=O) groups is 1. The van der Waals surface area contributed by atoms with Gasteiger partial charge in [0.1, 0.15) is 5.75 Å². The summed E-state index contributed by atoms with van der Waals surface area (Å²) in [6.07, 6.45) is 4.21. The lowest BCUT2D eigenvalue weighted by Crippen LogP contribution is -2.51. The third-order valence-electron chi connectivity index (χ3n) is 7.94. The fourth-order valence-electron chi connectivity index (χ4n) is 5.49. The Hall–Kier alpha value is -3.03. The first-order valence-corrected chi connectivity index (χ1v) is 13.1. The molecule has 8 heteroatoms. The molecule has 1 amide bonds. The van der Waals surface area contributed by atoms with Gasteiger partial charge in [-0.3, -0.25) is 4.79 Å². The Morgan fingerprint density at radius 1 is 0.743 bits per heavy atom. The molecular formula is C27H38N6O2. The Morgan fingerprint density at radius 3 is 1.80 bits per heavy atom. The predicted molar refractivity (Wildman–Crippen MR) is 139 cm³/mol. The number of aromatic nitrogens is 2. The molecule has 0 unspecified atom stereocenters. The van der Waals surface area contributed by atoms with E-state index in [1.54, 1.807) is 7.11 Å². The van der Waals surface area contributed by atoms with Crippen molar-refractivity contribution < 1.29 is 9.53 Å². The van der Waals surface area contributed by atoms with Gasteiger partial charge in [-0.05, 0) is 68.0 Å². The summed E-state index contributed by atoms with van der Waals surface area (Å²) in [6.45, 7) is 9.48. The maximum atomic E-state index is 13.2. The molecule has 1 aromatic heterocycles. The summed E-state index contributed by atoms with van der Waals surface area (Å²) in [5.74, 6) is 4.02. The van der Waals surface area contributed by atoms with E-state index in [9.17, 15) is 4.79 Å². The molecule has 0 spiro atoms. The molecule has 35 heavy (non-hydrogen) atoms. The molecule has 0 aliphatic carbocycles. The summed E-state index contributed by atoms with van der Waals surface area (Å²) in [5.41, 5.74) is 1.19. The van der Waals surface area contributed by atoms with Crippen LogP contribution in [-0.2, 0) is 4.79 Å². The number of ether oxygens (including phenoxy) is 1. The maximum Gasteiger partial charge on any atom is 0.225 e. The lowest BCUT2D eigenvalue weighted by molar-refractivity contribution is -0.136. The third kappa shape index (κ3) is 5.46. The molecule has 0 atom stereocenters. The van der Waals surface area contributed by atoms with Gasteiger partial charge in [-0.1, -0.05) is 6.92 Å². The van der Waals surface area contributed by atoms with Crippen molar-refractivity contribution in [2.24, 2.45) is 11.8 Å². The van der Waals surface area contributed by atoms with E-state index in [-0.39, 0.29) is 5.92 Å². The van der Waals surface area contributed by atoms with Crippen LogP contribution in [0.25, 0.3) is 0 Å². The van der Waals surface area contributed by atoms with Crippen LogP contribution < -0.4 is 19.4 Å². The van der Waals surface area contributed by atoms with Crippen molar-refractivity contribution in [2.45, 2.75) is 32.6 Å². The number of hydrogen-bond acceptors (Lipinski definition) is 7. The summed E-state index contributed by atoms with van der Waals surface area (Å²) in [5, 5.41) is 9.05. The van der Waals surface area contributed by atoms with Gasteiger partial charge in [0.05, 0.1) is 7.11 Å². The average molecular weight is 479 g/mol. The standard InChI is InChI=1S/C27H38N6O2/c1-21-9-13-31(14-10-21)25-7-8-26(29-28-25)32-15-11-22(12-16-32)27(34)33-19-17-30(18-20-33)23-3-5-24(35-2)6-4-23/h3-8,21-22H,9-20H2,1-2H3. The Bertz CT molecular complexity index is 958. The summed E-state index contributed by atoms with van der Waals surface area (Å²) in [7, 11) is 1.68. The van der Waals surface area contributed by atoms with Crippen molar-refractivity contribution in [2.75, 3.05) is 74.2 Å². The minimum Gasteiger partial charge on any atom is -0.497 e. The van der Waals surface area contributed by atoms with Gasteiger partial charge in [0.25, 0.3) is 0 Å². The Balaban J connectivity index is 1.08. The average Bonchev–Trinajstić information content (AvgIpc) is 2.93. The number of rotatable bonds is 5. The SMILES string of the molecule is COc1ccc(N2CCN(C(=O)C3CCN(c4ccc(N5CCC(C)CC5)nn4)CC3)CC2)cc1. The van der Waals surface area contributed by atoms with Crippen LogP contribution in [0.4, 0.5) is 17.3 Å². The second-order valence-electron chi connectivity index (χ2n) is 10.2. The zero-order valence-electron chi connectivity index (χ0n) is 21.1. The molecule has 3 aliphatic heterocycles. The molecule has 188 valence electrons. The molecule has 3 fully saturated rings. The molecule has 0 radical (unpaired) electrons. The Labute approximate surface area is 208 Å². The molecule has 0 N–H and O–H groups in total. The van der Waals surface area contributed by atoms with E-state index in [2.05, 4.69) is 61.0 Å². The van der Waals surface area contributed by atoms with Gasteiger partial charge in [-0.25, -0.2) is 0 Å². The Kier molecular flexibility index (Phi) is 7.25. The summed E-state index contributed by atoms with van der Waals surface area (Å²) < 4.78 is 5.26. The number of amides is 1. The molecule has 0 bridgehead atoms. The van der Waals surface area contributed by atoms with Crippen molar-refractivity contribution >= 4 is 23.2 Å². The summed E-state index contributed by atoms with van der Waals surface area (Å²) in [4.78, 5) is 22.2. The van der Waals surface area contributed by atoms with Gasteiger partial charge >= 0.3 is 0 Å². The van der Waals surface area contributed by atoms with Gasteiger partial charge in [0.15, 0.2) is 11.6 Å². The number of carbonyl (C=O) groups excluding carboxylic acids is 1. The number of methoxy groups -OCH3 is 1. The van der Waals surface area contributed by atoms with Crippen LogP contribution in [0.3, 0.4) is 0 Å². The molecule has 1 aromatic carbocycles. The highest BCUT2D eigenvalue weighted by atomic mass is 16.5. The molecule has 5 rings (SSSR count). The molecule has 0 saturated carbocycles. The van der Waals surface area contributed by atoms with Gasteiger partial charge < -0.3 is 24.3 Å². The second kappa shape index (κ2) is 10.7. The zero-order valence-corrected chi connectivity index (χ0v) is 21.1. The van der Waals surface area contributed by atoms with E-state index in [4.69, 9.17) is 4.74 Å². The quantitative estimate of drug-likeness (QED) is 0.653. The summed E-state index contributed by atoms with van der Waals surface area (Å²) >= 11 is 0. The van der Waals surface area contributed by atoms with E-state index in [0.29, 0.717) is 5.91 Å². The molecule has 2 aromatic rings. The number of nitrogens with zero attached hydrogens (tertiary/aromatic N) is 6. The second-order valence-corrected chi connectivity index (χ2v) is 10.2. The van der Waals surface area contributed by atoms with Crippen molar-refractivity contribution in [3.63, 3.8) is 0 Å². The minimum absolute atomic E-state index is 0.112. The van der Waals surface area contributed by atoms with Crippen molar-refractivity contribution in [3.05, 3.63) is 36.4 Å². The van der Waals surface area contributed by atoms with Crippen LogP contribution in [0.15, 0.2) is 36.4 Å². The van der Waals surface area contributed by atoms with Gasteiger partial charge in [0.2, 0.25) is 5.91 Å². The highest BCUT2D eigenvalue weighted by Crippen LogP contribution is 2.27. The van der Waals surface area contributed by atoms with Crippen molar-refractivity contribution in [1.29, 1.82) is 0 Å². The highest BCUT2D eigenvalue weighted by Gasteiger charge is 2.31. The predicted octanol–water partition coefficient (Wildman–Crippen LogP) is 3.29. The van der Waals surface area contributed by atoms with Crippen molar-refractivity contribution in [3.8, 4) is 5.75 Å². The maximum absolute atomic E-state index is 13.2. The highest BCUT2D eigenvalue weighted by molar-refractivity contribution is 5.79. The topological polar surface area (TPSA) is 65.0 Å². The van der Waals surface area contributed by atoms with Crippen LogP contribution in [-0.4, -0.2) is 80.5 Å². The van der Waals surface area contributed by atoms with Crippen molar-refractivity contribution in [1.82, 2.24) is 15.1 Å².